The minimum Gasteiger partial charge on any atom is -0.494 e. The Labute approximate surface area is 116 Å². The summed E-state index contributed by atoms with van der Waals surface area (Å²) >= 11 is 0. The molecule has 0 saturated heterocycles. The molecule has 19 heavy (non-hydrogen) atoms. The van der Waals surface area contributed by atoms with Gasteiger partial charge in [-0.2, -0.15) is 0 Å². The van der Waals surface area contributed by atoms with Gasteiger partial charge in [-0.05, 0) is 43.9 Å². The molecule has 0 spiro atoms. The Bertz CT molecular complexity index is 342. The summed E-state index contributed by atoms with van der Waals surface area (Å²) in [5.41, 5.74) is 0. The van der Waals surface area contributed by atoms with Crippen molar-refractivity contribution in [2.24, 2.45) is 5.92 Å². The number of benzene rings is 1. The van der Waals surface area contributed by atoms with Gasteiger partial charge in [-0.15, -0.1) is 0 Å². The number of aliphatic hydroxyl groups excluding tert-OH is 1. The summed E-state index contributed by atoms with van der Waals surface area (Å²) in [6, 6.07) is 10.4. The minimum absolute atomic E-state index is 0.318. The normalized spacial score (nSPS) is 23.2. The zero-order chi connectivity index (χ0) is 13.3. The molecule has 1 saturated carbocycles. The molecule has 2 atom stereocenters. The van der Waals surface area contributed by atoms with Crippen LogP contribution < -0.4 is 10.1 Å². The quantitative estimate of drug-likeness (QED) is 0.743. The fraction of sp³-hybridized carbons (Fsp3) is 0.625. The second-order valence-corrected chi connectivity index (χ2v) is 5.30. The molecule has 0 amide bonds. The van der Waals surface area contributed by atoms with Crippen LogP contribution in [0, 0.1) is 5.92 Å². The Morgan fingerprint density at radius 2 is 1.95 bits per heavy atom. The molecule has 0 radical (unpaired) electrons. The maximum absolute atomic E-state index is 9.35. The van der Waals surface area contributed by atoms with Crippen molar-refractivity contribution in [3.8, 4) is 5.75 Å². The largest absolute Gasteiger partial charge is 0.494 e. The maximum Gasteiger partial charge on any atom is 0.119 e. The molecule has 1 aliphatic rings. The lowest BCUT2D eigenvalue weighted by Crippen LogP contribution is -2.40. The van der Waals surface area contributed by atoms with Gasteiger partial charge in [-0.1, -0.05) is 31.0 Å². The Balaban J connectivity index is 1.58. The van der Waals surface area contributed by atoms with E-state index < -0.39 is 0 Å². The third kappa shape index (κ3) is 4.84. The summed E-state index contributed by atoms with van der Waals surface area (Å²) in [7, 11) is 0. The van der Waals surface area contributed by atoms with Gasteiger partial charge in [0.25, 0.3) is 0 Å². The fourth-order valence-corrected chi connectivity index (χ4v) is 2.76. The van der Waals surface area contributed by atoms with Crippen molar-refractivity contribution >= 4 is 0 Å². The van der Waals surface area contributed by atoms with Crippen molar-refractivity contribution in [2.45, 2.75) is 38.1 Å². The molecule has 2 unspecified atom stereocenters. The summed E-state index contributed by atoms with van der Waals surface area (Å²) in [4.78, 5) is 0. The van der Waals surface area contributed by atoms with Crippen molar-refractivity contribution in [3.05, 3.63) is 30.3 Å². The fourth-order valence-electron chi connectivity index (χ4n) is 2.76. The van der Waals surface area contributed by atoms with Crippen LogP contribution in [0.4, 0.5) is 0 Å². The average molecular weight is 263 g/mol. The van der Waals surface area contributed by atoms with Crippen LogP contribution in [-0.2, 0) is 0 Å². The molecular weight excluding hydrogens is 238 g/mol. The highest BCUT2D eigenvalue weighted by Crippen LogP contribution is 2.23. The van der Waals surface area contributed by atoms with Crippen LogP contribution in [0.25, 0.3) is 0 Å². The number of para-hydroxylation sites is 1. The van der Waals surface area contributed by atoms with Gasteiger partial charge < -0.3 is 15.2 Å². The maximum atomic E-state index is 9.35. The highest BCUT2D eigenvalue weighted by atomic mass is 16.5. The van der Waals surface area contributed by atoms with Crippen molar-refractivity contribution in [1.29, 1.82) is 0 Å². The van der Waals surface area contributed by atoms with Gasteiger partial charge in [0.05, 0.1) is 6.61 Å². The summed E-state index contributed by atoms with van der Waals surface area (Å²) in [5.74, 6) is 1.39. The lowest BCUT2D eigenvalue weighted by Gasteiger charge is -2.31. The van der Waals surface area contributed by atoms with Crippen LogP contribution in [0.3, 0.4) is 0 Å². The minimum atomic E-state index is 0.318. The van der Waals surface area contributed by atoms with Crippen LogP contribution in [0.5, 0.6) is 5.75 Å². The SMILES string of the molecule is OCC1CCCCC1NCCCOc1ccccc1. The van der Waals surface area contributed by atoms with E-state index in [9.17, 15) is 5.11 Å². The molecule has 0 heterocycles. The van der Waals surface area contributed by atoms with Crippen molar-refractivity contribution in [3.63, 3.8) is 0 Å². The van der Waals surface area contributed by atoms with Gasteiger partial charge in [0.15, 0.2) is 0 Å². The molecule has 0 aromatic heterocycles. The van der Waals surface area contributed by atoms with Gasteiger partial charge in [0.1, 0.15) is 5.75 Å². The second-order valence-electron chi connectivity index (χ2n) is 5.30. The van der Waals surface area contributed by atoms with Crippen LogP contribution in [0.1, 0.15) is 32.1 Å². The van der Waals surface area contributed by atoms with Crippen molar-refractivity contribution < 1.29 is 9.84 Å². The van der Waals surface area contributed by atoms with E-state index in [-0.39, 0.29) is 0 Å². The van der Waals surface area contributed by atoms with E-state index in [2.05, 4.69) is 5.32 Å². The van der Waals surface area contributed by atoms with Crippen LogP contribution >= 0.6 is 0 Å². The van der Waals surface area contributed by atoms with Gasteiger partial charge in [0, 0.05) is 12.6 Å². The molecule has 0 bridgehead atoms. The third-order valence-corrected chi connectivity index (χ3v) is 3.88. The van der Waals surface area contributed by atoms with E-state index in [1.54, 1.807) is 0 Å². The molecule has 3 heteroatoms. The predicted octanol–water partition coefficient (Wildman–Crippen LogP) is 2.60. The Hall–Kier alpha value is -1.06. The first-order chi connectivity index (χ1) is 9.40. The summed E-state index contributed by atoms with van der Waals surface area (Å²) in [5, 5.41) is 12.9. The van der Waals surface area contributed by atoms with Gasteiger partial charge >= 0.3 is 0 Å². The van der Waals surface area contributed by atoms with Crippen molar-refractivity contribution in [1.82, 2.24) is 5.32 Å². The zero-order valence-electron chi connectivity index (χ0n) is 11.6. The predicted molar refractivity (Wildman–Crippen MR) is 77.4 cm³/mol. The molecule has 1 aliphatic carbocycles. The van der Waals surface area contributed by atoms with Crippen LogP contribution in [0.2, 0.25) is 0 Å². The molecule has 2 rings (SSSR count). The number of hydrogen-bond donors (Lipinski definition) is 2. The lowest BCUT2D eigenvalue weighted by atomic mass is 9.85. The molecule has 1 fully saturated rings. The molecular formula is C16H25NO2. The number of ether oxygens (including phenoxy) is 1. The van der Waals surface area contributed by atoms with Gasteiger partial charge in [0.2, 0.25) is 0 Å². The number of nitrogens with one attached hydrogen (secondary N) is 1. The topological polar surface area (TPSA) is 41.5 Å². The van der Waals surface area contributed by atoms with E-state index in [1.165, 1.54) is 19.3 Å². The Morgan fingerprint density at radius 3 is 2.74 bits per heavy atom. The van der Waals surface area contributed by atoms with E-state index in [0.29, 0.717) is 18.6 Å². The van der Waals surface area contributed by atoms with E-state index in [1.807, 2.05) is 30.3 Å². The summed E-state index contributed by atoms with van der Waals surface area (Å²) < 4.78 is 5.66. The molecule has 3 nitrogen and oxygen atoms in total. The third-order valence-electron chi connectivity index (χ3n) is 3.88. The van der Waals surface area contributed by atoms with Gasteiger partial charge in [-0.25, -0.2) is 0 Å². The second kappa shape index (κ2) is 8.18. The highest BCUT2D eigenvalue weighted by Gasteiger charge is 2.23. The molecule has 1 aromatic rings. The number of rotatable bonds is 7. The van der Waals surface area contributed by atoms with Crippen molar-refractivity contribution in [2.75, 3.05) is 19.8 Å². The monoisotopic (exact) mass is 263 g/mol. The first kappa shape index (κ1) is 14.4. The lowest BCUT2D eigenvalue weighted by molar-refractivity contribution is 0.152. The van der Waals surface area contributed by atoms with E-state index >= 15 is 0 Å². The number of hydrogen-bond acceptors (Lipinski definition) is 3. The van der Waals surface area contributed by atoms with Crippen LogP contribution in [0.15, 0.2) is 30.3 Å². The molecule has 0 aliphatic heterocycles. The first-order valence-electron chi connectivity index (χ1n) is 7.42. The van der Waals surface area contributed by atoms with E-state index in [4.69, 9.17) is 4.74 Å². The van der Waals surface area contributed by atoms with E-state index in [0.717, 1.165) is 31.7 Å². The molecule has 106 valence electrons. The smallest absolute Gasteiger partial charge is 0.119 e. The number of aliphatic hydroxyl groups is 1. The Kier molecular flexibility index (Phi) is 6.18. The zero-order valence-corrected chi connectivity index (χ0v) is 11.6. The summed E-state index contributed by atoms with van der Waals surface area (Å²) in [6.45, 7) is 2.03. The van der Waals surface area contributed by atoms with Gasteiger partial charge in [-0.3, -0.25) is 0 Å². The Morgan fingerprint density at radius 1 is 1.16 bits per heavy atom. The summed E-state index contributed by atoms with van der Waals surface area (Å²) in [6.07, 6.45) is 5.91. The molecule has 2 N–H and O–H groups in total. The molecule has 1 aromatic carbocycles. The first-order valence-corrected chi connectivity index (χ1v) is 7.42. The standard InChI is InChI=1S/C16H25NO2/c18-13-14-7-4-5-10-16(14)17-11-6-12-19-15-8-2-1-3-9-15/h1-3,8-9,14,16-18H,4-7,10-13H2. The van der Waals surface area contributed by atoms with Crippen LogP contribution in [-0.4, -0.2) is 30.9 Å². The highest BCUT2D eigenvalue weighted by molar-refractivity contribution is 5.20. The average Bonchev–Trinajstić information content (AvgIpc) is 2.48.